The van der Waals surface area contributed by atoms with Crippen LogP contribution in [-0.4, -0.2) is 22.0 Å². The molecule has 1 saturated carbocycles. The van der Waals surface area contributed by atoms with Gasteiger partial charge in [-0.25, -0.2) is 4.98 Å². The van der Waals surface area contributed by atoms with Crippen molar-refractivity contribution in [3.05, 3.63) is 47.7 Å². The topological polar surface area (TPSA) is 92.4 Å². The van der Waals surface area contributed by atoms with Crippen LogP contribution in [0.2, 0.25) is 0 Å². The molecule has 2 N–H and O–H groups in total. The minimum Gasteiger partial charge on any atom is -0.481 e. The first-order valence-corrected chi connectivity index (χ1v) is 6.70. The maximum Gasteiger partial charge on any atom is 0.307 e. The van der Waals surface area contributed by atoms with Crippen LogP contribution in [0.3, 0.4) is 0 Å². The van der Waals surface area contributed by atoms with E-state index in [9.17, 15) is 9.59 Å². The highest BCUT2D eigenvalue weighted by Crippen LogP contribution is 2.39. The summed E-state index contributed by atoms with van der Waals surface area (Å²) in [5.74, 6) is -0.414. The number of carboxylic acids is 1. The number of rotatable bonds is 5. The number of benzene rings is 1. The molecule has 0 unspecified atom stereocenters. The molecule has 1 heterocycles. The Labute approximate surface area is 120 Å². The molecule has 1 aromatic carbocycles. The van der Waals surface area contributed by atoms with Crippen LogP contribution in [0, 0.1) is 0 Å². The molecule has 1 amide bonds. The van der Waals surface area contributed by atoms with E-state index in [1.165, 1.54) is 6.26 Å². The zero-order valence-corrected chi connectivity index (χ0v) is 11.2. The molecule has 0 spiro atoms. The molecule has 0 radical (unpaired) electrons. The van der Waals surface area contributed by atoms with Crippen molar-refractivity contribution >= 4 is 17.6 Å². The van der Waals surface area contributed by atoms with Gasteiger partial charge in [0.1, 0.15) is 6.26 Å². The van der Waals surface area contributed by atoms with Crippen molar-refractivity contribution < 1.29 is 19.1 Å². The third-order valence-corrected chi connectivity index (χ3v) is 3.29. The van der Waals surface area contributed by atoms with Crippen molar-refractivity contribution in [3.63, 3.8) is 0 Å². The van der Waals surface area contributed by atoms with E-state index in [2.05, 4.69) is 10.3 Å². The van der Waals surface area contributed by atoms with E-state index in [1.807, 2.05) is 0 Å². The molecule has 0 aliphatic heterocycles. The van der Waals surface area contributed by atoms with E-state index in [0.717, 1.165) is 12.8 Å². The van der Waals surface area contributed by atoms with Crippen molar-refractivity contribution in [1.29, 1.82) is 0 Å². The molecule has 108 valence electrons. The molecule has 6 nitrogen and oxygen atoms in total. The summed E-state index contributed by atoms with van der Waals surface area (Å²) in [6, 6.07) is 6.80. The van der Waals surface area contributed by atoms with Gasteiger partial charge in [0.25, 0.3) is 5.91 Å². The van der Waals surface area contributed by atoms with E-state index < -0.39 is 11.9 Å². The van der Waals surface area contributed by atoms with E-state index in [1.54, 1.807) is 24.3 Å². The summed E-state index contributed by atoms with van der Waals surface area (Å²) in [6.07, 6.45) is 3.28. The maximum atomic E-state index is 12.1. The van der Waals surface area contributed by atoms with Gasteiger partial charge < -0.3 is 14.8 Å². The van der Waals surface area contributed by atoms with E-state index in [-0.39, 0.29) is 12.1 Å². The van der Waals surface area contributed by atoms with Crippen LogP contribution < -0.4 is 5.32 Å². The molecular weight excluding hydrogens is 272 g/mol. The van der Waals surface area contributed by atoms with Gasteiger partial charge in [0.2, 0.25) is 0 Å². The smallest absolute Gasteiger partial charge is 0.307 e. The number of nitrogens with one attached hydrogen (secondary N) is 1. The van der Waals surface area contributed by atoms with Crippen LogP contribution in [-0.2, 0) is 11.2 Å². The molecule has 0 bridgehead atoms. The van der Waals surface area contributed by atoms with Crippen LogP contribution >= 0.6 is 0 Å². The fourth-order valence-corrected chi connectivity index (χ4v) is 2.06. The molecular formula is C15H14N2O4. The summed E-state index contributed by atoms with van der Waals surface area (Å²) in [7, 11) is 0. The Kier molecular flexibility index (Phi) is 3.43. The number of hydrogen-bond acceptors (Lipinski definition) is 4. The molecule has 1 fully saturated rings. The van der Waals surface area contributed by atoms with Crippen LogP contribution in [0.5, 0.6) is 0 Å². The number of hydrogen-bond donors (Lipinski definition) is 2. The monoisotopic (exact) mass is 286 g/mol. The summed E-state index contributed by atoms with van der Waals surface area (Å²) >= 11 is 0. The van der Waals surface area contributed by atoms with Gasteiger partial charge in [0.15, 0.2) is 11.6 Å². The first-order chi connectivity index (χ1) is 10.1. The van der Waals surface area contributed by atoms with Crippen molar-refractivity contribution in [2.24, 2.45) is 0 Å². The van der Waals surface area contributed by atoms with Gasteiger partial charge in [0.05, 0.1) is 6.42 Å². The predicted octanol–water partition coefficient (Wildman–Crippen LogP) is 2.43. The summed E-state index contributed by atoms with van der Waals surface area (Å²) in [4.78, 5) is 27.1. The fourth-order valence-electron chi connectivity index (χ4n) is 2.06. The Bertz CT molecular complexity index is 688. The van der Waals surface area contributed by atoms with Gasteiger partial charge >= 0.3 is 5.97 Å². The Morgan fingerprint density at radius 3 is 2.81 bits per heavy atom. The molecule has 0 atom stereocenters. The van der Waals surface area contributed by atoms with Gasteiger partial charge in [-0.1, -0.05) is 18.2 Å². The average Bonchev–Trinajstić information content (AvgIpc) is 3.18. The SMILES string of the molecule is O=C(O)Cc1ccccc1NC(=O)c1coc(C2CC2)n1. The van der Waals surface area contributed by atoms with Crippen molar-refractivity contribution in [1.82, 2.24) is 4.98 Å². The second-order valence-corrected chi connectivity index (χ2v) is 5.03. The lowest BCUT2D eigenvalue weighted by molar-refractivity contribution is -0.136. The molecule has 1 aromatic heterocycles. The number of amides is 1. The van der Waals surface area contributed by atoms with Crippen LogP contribution in [0.4, 0.5) is 5.69 Å². The number of para-hydroxylation sites is 1. The molecule has 3 rings (SSSR count). The Morgan fingerprint density at radius 2 is 2.10 bits per heavy atom. The Morgan fingerprint density at radius 1 is 1.33 bits per heavy atom. The van der Waals surface area contributed by atoms with E-state index in [0.29, 0.717) is 23.1 Å². The van der Waals surface area contributed by atoms with Gasteiger partial charge in [-0.05, 0) is 24.5 Å². The second kappa shape index (κ2) is 5.40. The van der Waals surface area contributed by atoms with Gasteiger partial charge in [-0.15, -0.1) is 0 Å². The third-order valence-electron chi connectivity index (χ3n) is 3.29. The number of nitrogens with zero attached hydrogens (tertiary/aromatic N) is 1. The first-order valence-electron chi connectivity index (χ1n) is 6.70. The minimum absolute atomic E-state index is 0.150. The minimum atomic E-state index is -0.950. The lowest BCUT2D eigenvalue weighted by Crippen LogP contribution is -2.14. The number of aliphatic carboxylic acids is 1. The molecule has 0 saturated heterocycles. The van der Waals surface area contributed by atoms with E-state index >= 15 is 0 Å². The standard InChI is InChI=1S/C15H14N2O4/c18-13(19)7-10-3-1-2-4-11(10)16-14(20)12-8-21-15(17-12)9-5-6-9/h1-4,8-9H,5-7H2,(H,16,20)(H,18,19). The highest BCUT2D eigenvalue weighted by Gasteiger charge is 2.29. The molecule has 1 aliphatic carbocycles. The highest BCUT2D eigenvalue weighted by molar-refractivity contribution is 6.03. The number of carboxylic acid groups (broad SMARTS) is 1. The fraction of sp³-hybridized carbons (Fsp3) is 0.267. The lowest BCUT2D eigenvalue weighted by atomic mass is 10.1. The number of oxazole rings is 1. The zero-order chi connectivity index (χ0) is 14.8. The summed E-state index contributed by atoms with van der Waals surface area (Å²) in [5.41, 5.74) is 1.23. The van der Waals surface area contributed by atoms with Gasteiger partial charge in [-0.2, -0.15) is 0 Å². The van der Waals surface area contributed by atoms with Gasteiger partial charge in [0, 0.05) is 11.6 Å². The van der Waals surface area contributed by atoms with Crippen molar-refractivity contribution in [2.75, 3.05) is 5.32 Å². The van der Waals surface area contributed by atoms with Crippen LogP contribution in [0.1, 0.15) is 40.7 Å². The lowest BCUT2D eigenvalue weighted by Gasteiger charge is -2.08. The molecule has 1 aliphatic rings. The molecule has 2 aromatic rings. The quantitative estimate of drug-likeness (QED) is 0.880. The normalized spacial score (nSPS) is 13.9. The summed E-state index contributed by atoms with van der Waals surface area (Å²) in [5, 5.41) is 11.6. The van der Waals surface area contributed by atoms with Gasteiger partial charge in [-0.3, -0.25) is 9.59 Å². The number of anilines is 1. The van der Waals surface area contributed by atoms with Crippen LogP contribution in [0.15, 0.2) is 34.9 Å². The van der Waals surface area contributed by atoms with Crippen molar-refractivity contribution in [2.45, 2.75) is 25.2 Å². The largest absolute Gasteiger partial charge is 0.481 e. The Hall–Kier alpha value is -2.63. The van der Waals surface area contributed by atoms with Crippen molar-refractivity contribution in [3.8, 4) is 0 Å². The first kappa shape index (κ1) is 13.4. The highest BCUT2D eigenvalue weighted by atomic mass is 16.4. The second-order valence-electron chi connectivity index (χ2n) is 5.03. The number of carbonyl (C=O) groups excluding carboxylic acids is 1. The average molecular weight is 286 g/mol. The summed E-state index contributed by atoms with van der Waals surface area (Å²) < 4.78 is 5.28. The molecule has 6 heteroatoms. The third kappa shape index (κ3) is 3.10. The number of aromatic nitrogens is 1. The Balaban J connectivity index is 1.75. The zero-order valence-electron chi connectivity index (χ0n) is 11.2. The predicted molar refractivity (Wildman–Crippen MR) is 74.2 cm³/mol. The summed E-state index contributed by atoms with van der Waals surface area (Å²) in [6.45, 7) is 0. The van der Waals surface area contributed by atoms with E-state index in [4.69, 9.17) is 9.52 Å². The maximum absolute atomic E-state index is 12.1. The molecule has 21 heavy (non-hydrogen) atoms. The van der Waals surface area contributed by atoms with Crippen LogP contribution in [0.25, 0.3) is 0 Å². The number of carbonyl (C=O) groups is 2.